The first-order chi connectivity index (χ1) is 13.9. The van der Waals surface area contributed by atoms with E-state index < -0.39 is 23.2 Å². The van der Waals surface area contributed by atoms with Gasteiger partial charge in [-0.25, -0.2) is 4.39 Å². The maximum Gasteiger partial charge on any atom is 0.268 e. The molecule has 3 aromatic rings. The molecule has 7 heteroatoms. The zero-order valence-electron chi connectivity index (χ0n) is 15.1. The number of hydrogen-bond donors (Lipinski definition) is 2. The molecule has 0 aliphatic carbocycles. The van der Waals surface area contributed by atoms with Crippen molar-refractivity contribution < 1.29 is 19.1 Å². The third-order valence-electron chi connectivity index (χ3n) is 4.81. The van der Waals surface area contributed by atoms with Gasteiger partial charge in [-0.15, -0.1) is 0 Å². The maximum atomic E-state index is 13.2. The Kier molecular flexibility index (Phi) is 4.82. The molecule has 0 saturated carbocycles. The molecular weight excluding hydrogens is 395 g/mol. The molecule has 0 radical (unpaired) electrons. The summed E-state index contributed by atoms with van der Waals surface area (Å²) in [6.07, 6.45) is 0. The van der Waals surface area contributed by atoms with Crippen molar-refractivity contribution in [2.24, 2.45) is 0 Å². The second kappa shape index (κ2) is 7.31. The minimum Gasteiger partial charge on any atom is -0.372 e. The Morgan fingerprint density at radius 1 is 1.07 bits per heavy atom. The molecule has 1 aliphatic heterocycles. The molecular formula is C22H16ClFN2O3. The fourth-order valence-electron chi connectivity index (χ4n) is 3.46. The average Bonchev–Trinajstić information content (AvgIpc) is 2.93. The minimum absolute atomic E-state index is 0.309. The molecule has 1 heterocycles. The molecule has 146 valence electrons. The van der Waals surface area contributed by atoms with Gasteiger partial charge in [-0.2, -0.15) is 0 Å². The fraction of sp³-hybridized carbons (Fsp3) is 0.0909. The molecule has 0 spiro atoms. The lowest BCUT2D eigenvalue weighted by atomic mass is 9.87. The van der Waals surface area contributed by atoms with Crippen LogP contribution in [0.25, 0.3) is 0 Å². The smallest absolute Gasteiger partial charge is 0.268 e. The molecule has 0 fully saturated rings. The van der Waals surface area contributed by atoms with Crippen LogP contribution in [0.3, 0.4) is 0 Å². The number of nitrogens with zero attached hydrogens (tertiary/aromatic N) is 1. The van der Waals surface area contributed by atoms with E-state index in [1.54, 1.807) is 42.5 Å². The summed E-state index contributed by atoms with van der Waals surface area (Å²) in [6.45, 7) is -0.309. The van der Waals surface area contributed by atoms with Gasteiger partial charge in [0.2, 0.25) is 5.91 Å². The van der Waals surface area contributed by atoms with E-state index in [1.165, 1.54) is 35.2 Å². The SMILES string of the molecule is O=C(CN1C(=O)[C@@](O)(c2cccc(Cl)c2)c2ccccc21)Nc1ccc(F)cc1. The Morgan fingerprint density at radius 2 is 1.79 bits per heavy atom. The molecule has 1 atom stereocenters. The summed E-state index contributed by atoms with van der Waals surface area (Å²) >= 11 is 6.06. The lowest BCUT2D eigenvalue weighted by Crippen LogP contribution is -2.44. The van der Waals surface area contributed by atoms with Crippen molar-refractivity contribution in [3.05, 3.63) is 94.8 Å². The number of benzene rings is 3. The van der Waals surface area contributed by atoms with Crippen LogP contribution in [0.4, 0.5) is 15.8 Å². The van der Waals surface area contributed by atoms with Gasteiger partial charge in [-0.3, -0.25) is 14.5 Å². The van der Waals surface area contributed by atoms with E-state index in [9.17, 15) is 19.1 Å². The zero-order valence-corrected chi connectivity index (χ0v) is 15.9. The number of fused-ring (bicyclic) bond motifs is 1. The van der Waals surface area contributed by atoms with E-state index in [0.717, 1.165) is 0 Å². The molecule has 5 nitrogen and oxygen atoms in total. The van der Waals surface area contributed by atoms with Gasteiger partial charge < -0.3 is 10.4 Å². The Balaban J connectivity index is 1.66. The lowest BCUT2D eigenvalue weighted by molar-refractivity contribution is -0.133. The van der Waals surface area contributed by atoms with Crippen LogP contribution in [0, 0.1) is 5.82 Å². The summed E-state index contributed by atoms with van der Waals surface area (Å²) in [6, 6.07) is 18.5. The first-order valence-corrected chi connectivity index (χ1v) is 9.22. The third-order valence-corrected chi connectivity index (χ3v) is 5.05. The summed E-state index contributed by atoms with van der Waals surface area (Å²) < 4.78 is 13.0. The van der Waals surface area contributed by atoms with Crippen LogP contribution < -0.4 is 10.2 Å². The topological polar surface area (TPSA) is 69.6 Å². The standard InChI is InChI=1S/C22H16ClFN2O3/c23-15-5-3-4-14(12-15)22(29)18-6-1-2-7-19(18)26(21(22)28)13-20(27)25-17-10-8-16(24)9-11-17/h1-12,29H,13H2,(H,25,27)/t22-/m1/s1. The second-order valence-electron chi connectivity index (χ2n) is 6.68. The van der Waals surface area contributed by atoms with E-state index in [4.69, 9.17) is 11.6 Å². The van der Waals surface area contributed by atoms with Gasteiger partial charge in [0, 0.05) is 16.3 Å². The van der Waals surface area contributed by atoms with E-state index in [0.29, 0.717) is 27.5 Å². The van der Waals surface area contributed by atoms with Crippen molar-refractivity contribution in [1.29, 1.82) is 0 Å². The van der Waals surface area contributed by atoms with Crippen molar-refractivity contribution in [3.8, 4) is 0 Å². The molecule has 0 aromatic heterocycles. The Labute approximate surface area is 171 Å². The van der Waals surface area contributed by atoms with Crippen LogP contribution in [-0.4, -0.2) is 23.5 Å². The predicted octanol–water partition coefficient (Wildman–Crippen LogP) is 3.70. The summed E-state index contributed by atoms with van der Waals surface area (Å²) in [7, 11) is 0. The van der Waals surface area contributed by atoms with Gasteiger partial charge in [0.25, 0.3) is 5.91 Å². The monoisotopic (exact) mass is 410 g/mol. The molecule has 4 rings (SSSR count). The summed E-state index contributed by atoms with van der Waals surface area (Å²) in [4.78, 5) is 27.0. The molecule has 3 aromatic carbocycles. The average molecular weight is 411 g/mol. The van der Waals surface area contributed by atoms with E-state index in [-0.39, 0.29) is 6.54 Å². The summed E-state index contributed by atoms with van der Waals surface area (Å²) in [5.74, 6) is -1.54. The van der Waals surface area contributed by atoms with Crippen LogP contribution in [0.2, 0.25) is 5.02 Å². The van der Waals surface area contributed by atoms with E-state index in [2.05, 4.69) is 5.32 Å². The number of carbonyl (C=O) groups is 2. The Morgan fingerprint density at radius 3 is 2.52 bits per heavy atom. The van der Waals surface area contributed by atoms with Crippen molar-refractivity contribution in [3.63, 3.8) is 0 Å². The molecule has 2 N–H and O–H groups in total. The fourth-order valence-corrected chi connectivity index (χ4v) is 3.65. The number of aliphatic hydroxyl groups is 1. The highest BCUT2D eigenvalue weighted by atomic mass is 35.5. The van der Waals surface area contributed by atoms with Gasteiger partial charge in [0.05, 0.1) is 5.69 Å². The molecule has 0 bridgehead atoms. The highest BCUT2D eigenvalue weighted by Gasteiger charge is 2.51. The zero-order chi connectivity index (χ0) is 20.6. The van der Waals surface area contributed by atoms with Crippen LogP contribution in [0.5, 0.6) is 0 Å². The second-order valence-corrected chi connectivity index (χ2v) is 7.12. The van der Waals surface area contributed by atoms with Crippen molar-refractivity contribution >= 4 is 34.8 Å². The van der Waals surface area contributed by atoms with Gasteiger partial charge in [-0.05, 0) is 48.0 Å². The van der Waals surface area contributed by atoms with Crippen LogP contribution in [0.15, 0.2) is 72.8 Å². The van der Waals surface area contributed by atoms with Crippen LogP contribution >= 0.6 is 11.6 Å². The normalized spacial score (nSPS) is 17.9. The van der Waals surface area contributed by atoms with Crippen molar-refractivity contribution in [2.45, 2.75) is 5.60 Å². The maximum absolute atomic E-state index is 13.2. The van der Waals surface area contributed by atoms with Crippen LogP contribution in [0.1, 0.15) is 11.1 Å². The first-order valence-electron chi connectivity index (χ1n) is 8.85. The molecule has 1 aliphatic rings. The number of rotatable bonds is 4. The molecule has 0 unspecified atom stereocenters. The highest BCUT2D eigenvalue weighted by Crippen LogP contribution is 2.44. The number of anilines is 2. The number of nitrogens with one attached hydrogen (secondary N) is 1. The number of hydrogen-bond acceptors (Lipinski definition) is 3. The summed E-state index contributed by atoms with van der Waals surface area (Å²) in [5, 5.41) is 14.4. The Hall–Kier alpha value is -3.22. The van der Waals surface area contributed by atoms with E-state index >= 15 is 0 Å². The number of amides is 2. The highest BCUT2D eigenvalue weighted by molar-refractivity contribution is 6.30. The first kappa shape index (κ1) is 19.1. The third kappa shape index (κ3) is 3.37. The minimum atomic E-state index is -1.95. The number of para-hydroxylation sites is 1. The van der Waals surface area contributed by atoms with Crippen LogP contribution in [-0.2, 0) is 15.2 Å². The predicted molar refractivity (Wildman–Crippen MR) is 108 cm³/mol. The molecule has 29 heavy (non-hydrogen) atoms. The molecule has 2 amide bonds. The summed E-state index contributed by atoms with van der Waals surface area (Å²) in [5.41, 5.74) is -0.404. The Bertz CT molecular complexity index is 1100. The van der Waals surface area contributed by atoms with Gasteiger partial charge in [0.15, 0.2) is 5.60 Å². The number of carbonyl (C=O) groups excluding carboxylic acids is 2. The van der Waals surface area contributed by atoms with Crippen molar-refractivity contribution in [2.75, 3.05) is 16.8 Å². The van der Waals surface area contributed by atoms with E-state index in [1.807, 2.05) is 0 Å². The van der Waals surface area contributed by atoms with Crippen molar-refractivity contribution in [1.82, 2.24) is 0 Å². The number of halogens is 2. The lowest BCUT2D eigenvalue weighted by Gasteiger charge is -2.23. The van der Waals surface area contributed by atoms with Gasteiger partial charge in [0.1, 0.15) is 12.4 Å². The van der Waals surface area contributed by atoms with Gasteiger partial charge in [-0.1, -0.05) is 41.9 Å². The van der Waals surface area contributed by atoms with Gasteiger partial charge >= 0.3 is 0 Å². The molecule has 0 saturated heterocycles. The largest absolute Gasteiger partial charge is 0.372 e. The quantitative estimate of drug-likeness (QED) is 0.689.